The number of nitrogens with two attached hydrogens (primary N) is 1. The highest BCUT2D eigenvalue weighted by atomic mass is 35.5. The minimum Gasteiger partial charge on any atom is -0.487 e. The lowest BCUT2D eigenvalue weighted by Crippen LogP contribution is -2.05. The molecule has 0 spiro atoms. The van der Waals surface area contributed by atoms with Gasteiger partial charge in [0.05, 0.1) is 5.69 Å². The minimum atomic E-state index is 0.373. The fourth-order valence-corrected chi connectivity index (χ4v) is 1.74. The Labute approximate surface area is 112 Å². The van der Waals surface area contributed by atoms with Crippen molar-refractivity contribution in [2.75, 3.05) is 0 Å². The third kappa shape index (κ3) is 3.22. The molecular weight excluding hydrogens is 248 g/mol. The molecule has 0 unspecified atom stereocenters. The van der Waals surface area contributed by atoms with Crippen LogP contribution in [-0.4, -0.2) is 4.98 Å². The Morgan fingerprint density at radius 2 is 1.89 bits per heavy atom. The van der Waals surface area contributed by atoms with Crippen molar-refractivity contribution in [3.05, 3.63) is 58.4 Å². The van der Waals surface area contributed by atoms with Gasteiger partial charge in [-0.2, -0.15) is 0 Å². The molecule has 2 aromatic rings. The summed E-state index contributed by atoms with van der Waals surface area (Å²) in [6, 6.07) is 11.4. The van der Waals surface area contributed by atoms with E-state index in [2.05, 4.69) is 4.98 Å². The normalized spacial score (nSPS) is 10.4. The molecule has 0 saturated heterocycles. The van der Waals surface area contributed by atoms with Gasteiger partial charge in [0.15, 0.2) is 0 Å². The Kier molecular flexibility index (Phi) is 4.18. The molecule has 18 heavy (non-hydrogen) atoms. The predicted octanol–water partition coefficient (Wildman–Crippen LogP) is 3.08. The van der Waals surface area contributed by atoms with Gasteiger partial charge in [-0.25, -0.2) is 0 Å². The van der Waals surface area contributed by atoms with Gasteiger partial charge in [0.25, 0.3) is 0 Å². The van der Waals surface area contributed by atoms with Gasteiger partial charge in [-0.15, -0.1) is 0 Å². The maximum atomic E-state index is 5.83. The van der Waals surface area contributed by atoms with Crippen LogP contribution < -0.4 is 10.5 Å². The lowest BCUT2D eigenvalue weighted by Gasteiger charge is -2.10. The summed E-state index contributed by atoms with van der Waals surface area (Å²) in [5.74, 6) is 0.734. The molecular formula is C14H15ClN2O. The molecule has 3 nitrogen and oxygen atoms in total. The van der Waals surface area contributed by atoms with E-state index in [9.17, 15) is 0 Å². The first-order valence-electron chi connectivity index (χ1n) is 5.73. The van der Waals surface area contributed by atoms with Gasteiger partial charge in [-0.1, -0.05) is 23.7 Å². The number of ether oxygens (including phenoxy) is 1. The van der Waals surface area contributed by atoms with Crippen molar-refractivity contribution in [1.82, 2.24) is 4.98 Å². The van der Waals surface area contributed by atoms with Crippen molar-refractivity contribution < 1.29 is 4.74 Å². The Balaban J connectivity index is 2.08. The first kappa shape index (κ1) is 12.9. The molecule has 0 radical (unpaired) electrons. The number of benzene rings is 1. The van der Waals surface area contributed by atoms with Crippen LogP contribution in [0.4, 0.5) is 0 Å². The van der Waals surface area contributed by atoms with Gasteiger partial charge in [-0.3, -0.25) is 4.98 Å². The fourth-order valence-electron chi connectivity index (χ4n) is 1.62. The van der Waals surface area contributed by atoms with Gasteiger partial charge in [0.1, 0.15) is 12.4 Å². The van der Waals surface area contributed by atoms with Crippen LogP contribution in [0.5, 0.6) is 5.75 Å². The quantitative estimate of drug-likeness (QED) is 0.921. The summed E-state index contributed by atoms with van der Waals surface area (Å²) in [7, 11) is 0. The average Bonchev–Trinajstić information content (AvgIpc) is 2.39. The summed E-state index contributed by atoms with van der Waals surface area (Å²) in [4.78, 5) is 4.35. The zero-order valence-electron chi connectivity index (χ0n) is 10.2. The molecule has 0 saturated carbocycles. The van der Waals surface area contributed by atoms with Crippen molar-refractivity contribution in [2.24, 2.45) is 5.73 Å². The van der Waals surface area contributed by atoms with Crippen molar-refractivity contribution in [1.29, 1.82) is 0 Å². The van der Waals surface area contributed by atoms with Gasteiger partial charge < -0.3 is 10.5 Å². The van der Waals surface area contributed by atoms with E-state index >= 15 is 0 Å². The third-order valence-corrected chi connectivity index (χ3v) is 2.82. The Bertz CT molecular complexity index is 526. The highest BCUT2D eigenvalue weighted by molar-refractivity contribution is 6.30. The van der Waals surface area contributed by atoms with Crippen LogP contribution in [0, 0.1) is 6.92 Å². The molecule has 1 heterocycles. The van der Waals surface area contributed by atoms with Crippen LogP contribution in [0.2, 0.25) is 5.02 Å². The van der Waals surface area contributed by atoms with Gasteiger partial charge in [-0.05, 0) is 36.8 Å². The van der Waals surface area contributed by atoms with E-state index in [1.807, 2.05) is 43.3 Å². The molecule has 0 aliphatic rings. The van der Waals surface area contributed by atoms with Gasteiger partial charge in [0.2, 0.25) is 0 Å². The molecule has 1 aromatic carbocycles. The number of aryl methyl sites for hydroxylation is 1. The van der Waals surface area contributed by atoms with Crippen LogP contribution in [0.3, 0.4) is 0 Å². The number of rotatable bonds is 4. The average molecular weight is 263 g/mol. The van der Waals surface area contributed by atoms with E-state index < -0.39 is 0 Å². The molecule has 0 amide bonds. The smallest absolute Gasteiger partial charge is 0.142 e. The van der Waals surface area contributed by atoms with Crippen LogP contribution in [0.25, 0.3) is 0 Å². The Morgan fingerprint density at radius 3 is 2.56 bits per heavy atom. The molecule has 94 valence electrons. The number of aromatic nitrogens is 1. The fraction of sp³-hybridized carbons (Fsp3) is 0.214. The standard InChI is InChI=1S/C14H15ClN2O/c1-10-2-7-14(13(8-16)17-10)18-9-11-3-5-12(15)6-4-11/h2-7H,8-9,16H2,1H3. The molecule has 2 rings (SSSR count). The molecule has 0 fully saturated rings. The van der Waals surface area contributed by atoms with E-state index in [0.29, 0.717) is 13.2 Å². The SMILES string of the molecule is Cc1ccc(OCc2ccc(Cl)cc2)c(CN)n1. The molecule has 1 aromatic heterocycles. The van der Waals surface area contributed by atoms with E-state index in [-0.39, 0.29) is 0 Å². The van der Waals surface area contributed by atoms with Crippen LogP contribution in [0.1, 0.15) is 17.0 Å². The number of hydrogen-bond donors (Lipinski definition) is 1. The number of halogens is 1. The second-order valence-corrected chi connectivity index (χ2v) is 4.45. The molecule has 4 heteroatoms. The van der Waals surface area contributed by atoms with E-state index in [1.54, 1.807) is 0 Å². The molecule has 0 aliphatic carbocycles. The third-order valence-electron chi connectivity index (χ3n) is 2.57. The maximum absolute atomic E-state index is 5.83. The van der Waals surface area contributed by atoms with Crippen LogP contribution in [-0.2, 0) is 13.2 Å². The highest BCUT2D eigenvalue weighted by Crippen LogP contribution is 2.18. The van der Waals surface area contributed by atoms with Crippen molar-refractivity contribution in [2.45, 2.75) is 20.1 Å². The molecule has 2 N–H and O–H groups in total. The van der Waals surface area contributed by atoms with E-state index in [1.165, 1.54) is 0 Å². The second kappa shape index (κ2) is 5.85. The number of nitrogens with zero attached hydrogens (tertiary/aromatic N) is 1. The van der Waals surface area contributed by atoms with Gasteiger partial charge >= 0.3 is 0 Å². The lowest BCUT2D eigenvalue weighted by molar-refractivity contribution is 0.301. The molecule has 0 atom stereocenters. The van der Waals surface area contributed by atoms with Crippen molar-refractivity contribution in [3.63, 3.8) is 0 Å². The number of hydrogen-bond acceptors (Lipinski definition) is 3. The minimum absolute atomic E-state index is 0.373. The van der Waals surface area contributed by atoms with Crippen molar-refractivity contribution >= 4 is 11.6 Å². The summed E-state index contributed by atoms with van der Waals surface area (Å²) in [6.07, 6.45) is 0. The second-order valence-electron chi connectivity index (χ2n) is 4.02. The van der Waals surface area contributed by atoms with E-state index in [4.69, 9.17) is 22.1 Å². The summed E-state index contributed by atoms with van der Waals surface area (Å²) in [6.45, 7) is 2.79. The Hall–Kier alpha value is -1.58. The summed E-state index contributed by atoms with van der Waals surface area (Å²) >= 11 is 5.83. The molecule has 0 aliphatic heterocycles. The van der Waals surface area contributed by atoms with Crippen LogP contribution in [0.15, 0.2) is 36.4 Å². The summed E-state index contributed by atoms with van der Waals surface area (Å²) < 4.78 is 5.72. The maximum Gasteiger partial charge on any atom is 0.142 e. The lowest BCUT2D eigenvalue weighted by atomic mass is 10.2. The van der Waals surface area contributed by atoms with Crippen LogP contribution >= 0.6 is 11.6 Å². The first-order valence-corrected chi connectivity index (χ1v) is 6.10. The zero-order chi connectivity index (χ0) is 13.0. The highest BCUT2D eigenvalue weighted by Gasteiger charge is 2.04. The molecule has 0 bridgehead atoms. The van der Waals surface area contributed by atoms with Crippen molar-refractivity contribution in [3.8, 4) is 5.75 Å². The zero-order valence-corrected chi connectivity index (χ0v) is 10.9. The number of pyridine rings is 1. The summed E-state index contributed by atoms with van der Waals surface area (Å²) in [5.41, 5.74) is 8.43. The first-order chi connectivity index (χ1) is 8.69. The Morgan fingerprint density at radius 1 is 1.17 bits per heavy atom. The predicted molar refractivity (Wildman–Crippen MR) is 72.6 cm³/mol. The van der Waals surface area contributed by atoms with E-state index in [0.717, 1.165) is 27.7 Å². The monoisotopic (exact) mass is 262 g/mol. The van der Waals surface area contributed by atoms with Gasteiger partial charge in [0, 0.05) is 17.3 Å². The largest absolute Gasteiger partial charge is 0.487 e. The summed E-state index contributed by atoms with van der Waals surface area (Å²) in [5, 5.41) is 0.721. The topological polar surface area (TPSA) is 48.1 Å².